The third-order valence-corrected chi connectivity index (χ3v) is 3.74. The molecule has 0 N–H and O–H groups in total. The maximum absolute atomic E-state index is 11.9. The summed E-state index contributed by atoms with van der Waals surface area (Å²) >= 11 is 5.10. The Balaban J connectivity index is 2.52. The Morgan fingerprint density at radius 2 is 2.06 bits per heavy atom. The summed E-state index contributed by atoms with van der Waals surface area (Å²) in [6.45, 7) is 6.95. The molecule has 1 aromatic heterocycles. The van der Waals surface area contributed by atoms with Gasteiger partial charge >= 0.3 is 0 Å². The van der Waals surface area contributed by atoms with Crippen LogP contribution in [0.4, 0.5) is 0 Å². The molecule has 0 spiro atoms. The van der Waals surface area contributed by atoms with E-state index in [-0.39, 0.29) is 11.3 Å². The van der Waals surface area contributed by atoms with Gasteiger partial charge in [-0.2, -0.15) is 0 Å². The highest BCUT2D eigenvalue weighted by Gasteiger charge is 2.19. The van der Waals surface area contributed by atoms with Gasteiger partial charge in [0.05, 0.1) is 10.3 Å². The van der Waals surface area contributed by atoms with Gasteiger partial charge in [0.15, 0.2) is 0 Å². The van der Waals surface area contributed by atoms with Crippen LogP contribution in [-0.4, -0.2) is 17.9 Å². The lowest BCUT2D eigenvalue weighted by atomic mass is 9.92. The van der Waals surface area contributed by atoms with Crippen molar-refractivity contribution in [2.24, 2.45) is 5.41 Å². The molecule has 0 saturated carbocycles. The summed E-state index contributed by atoms with van der Waals surface area (Å²) in [7, 11) is 1.86. The maximum atomic E-state index is 11.9. The first-order chi connectivity index (χ1) is 7.28. The van der Waals surface area contributed by atoms with Crippen molar-refractivity contribution >= 4 is 33.2 Å². The van der Waals surface area contributed by atoms with Crippen LogP contribution in [0.5, 0.6) is 0 Å². The average molecular weight is 304 g/mol. The molecule has 0 saturated heterocycles. The molecule has 0 aliphatic rings. The second kappa shape index (κ2) is 5.32. The Morgan fingerprint density at radius 1 is 1.44 bits per heavy atom. The molecular formula is C12H18BrNOS. The number of hydrogen-bond donors (Lipinski definition) is 0. The predicted octanol–water partition coefficient (Wildman–Crippen LogP) is 3.91. The summed E-state index contributed by atoms with van der Waals surface area (Å²) in [6, 6.07) is 4.07. The standard InChI is InChI=1S/C12H18BrNOS/c1-12(2,3)7-11(15)14(4)8-9-5-6-10(13)16-9/h5-6H,7-8H2,1-4H3. The van der Waals surface area contributed by atoms with Crippen LogP contribution < -0.4 is 0 Å². The molecule has 0 atom stereocenters. The minimum Gasteiger partial charge on any atom is -0.341 e. The van der Waals surface area contributed by atoms with Crippen LogP contribution in [0.1, 0.15) is 32.1 Å². The molecule has 4 heteroatoms. The molecule has 0 radical (unpaired) electrons. The monoisotopic (exact) mass is 303 g/mol. The lowest BCUT2D eigenvalue weighted by Gasteiger charge is -2.22. The molecule has 2 nitrogen and oxygen atoms in total. The molecule has 90 valence electrons. The highest BCUT2D eigenvalue weighted by molar-refractivity contribution is 9.11. The van der Waals surface area contributed by atoms with Crippen LogP contribution in [0.25, 0.3) is 0 Å². The van der Waals surface area contributed by atoms with Crippen LogP contribution >= 0.6 is 27.3 Å². The minimum absolute atomic E-state index is 0.0569. The number of rotatable bonds is 3. The Hall–Kier alpha value is -0.350. The van der Waals surface area contributed by atoms with Crippen molar-refractivity contribution in [1.29, 1.82) is 0 Å². The third-order valence-electron chi connectivity index (χ3n) is 2.13. The molecule has 16 heavy (non-hydrogen) atoms. The van der Waals surface area contributed by atoms with E-state index in [1.54, 1.807) is 16.2 Å². The fraction of sp³-hybridized carbons (Fsp3) is 0.583. The van der Waals surface area contributed by atoms with Gasteiger partial charge in [-0.3, -0.25) is 4.79 Å². The first-order valence-corrected chi connectivity index (χ1v) is 6.87. The first kappa shape index (κ1) is 13.7. The van der Waals surface area contributed by atoms with Crippen LogP contribution in [0.2, 0.25) is 0 Å². The zero-order valence-electron chi connectivity index (χ0n) is 10.2. The van der Waals surface area contributed by atoms with Crippen molar-refractivity contribution in [3.8, 4) is 0 Å². The van der Waals surface area contributed by atoms with E-state index in [0.717, 1.165) is 3.79 Å². The predicted molar refractivity (Wildman–Crippen MR) is 72.6 cm³/mol. The van der Waals surface area contributed by atoms with Gasteiger partial charge in [0, 0.05) is 18.3 Å². The lowest BCUT2D eigenvalue weighted by molar-refractivity contribution is -0.132. The molecule has 0 aromatic carbocycles. The normalized spacial score (nSPS) is 11.6. The highest BCUT2D eigenvalue weighted by atomic mass is 79.9. The van der Waals surface area contributed by atoms with Gasteiger partial charge in [-0.25, -0.2) is 0 Å². The van der Waals surface area contributed by atoms with Crippen molar-refractivity contribution in [3.05, 3.63) is 20.8 Å². The van der Waals surface area contributed by atoms with E-state index in [9.17, 15) is 4.79 Å². The van der Waals surface area contributed by atoms with Gasteiger partial charge in [0.25, 0.3) is 0 Å². The van der Waals surface area contributed by atoms with Crippen molar-refractivity contribution in [2.75, 3.05) is 7.05 Å². The largest absolute Gasteiger partial charge is 0.341 e. The summed E-state index contributed by atoms with van der Waals surface area (Å²) < 4.78 is 1.11. The smallest absolute Gasteiger partial charge is 0.223 e. The SMILES string of the molecule is CN(Cc1ccc(Br)s1)C(=O)CC(C)(C)C. The minimum atomic E-state index is 0.0569. The molecular weight excluding hydrogens is 286 g/mol. The van der Waals surface area contributed by atoms with E-state index < -0.39 is 0 Å². The van der Waals surface area contributed by atoms with Crippen LogP contribution in [0.15, 0.2) is 15.9 Å². The summed E-state index contributed by atoms with van der Waals surface area (Å²) in [5.41, 5.74) is 0.0569. The number of thiophene rings is 1. The zero-order valence-corrected chi connectivity index (χ0v) is 12.6. The van der Waals surface area contributed by atoms with Crippen LogP contribution in [0.3, 0.4) is 0 Å². The van der Waals surface area contributed by atoms with E-state index in [4.69, 9.17) is 0 Å². The molecule has 0 aliphatic carbocycles. The van der Waals surface area contributed by atoms with Gasteiger partial charge < -0.3 is 4.90 Å². The Bertz CT molecular complexity index is 367. The highest BCUT2D eigenvalue weighted by Crippen LogP contribution is 2.24. The number of hydrogen-bond acceptors (Lipinski definition) is 2. The van der Waals surface area contributed by atoms with Gasteiger partial charge in [-0.15, -0.1) is 11.3 Å². The molecule has 0 unspecified atom stereocenters. The van der Waals surface area contributed by atoms with E-state index in [0.29, 0.717) is 13.0 Å². The fourth-order valence-corrected chi connectivity index (χ4v) is 2.88. The van der Waals surface area contributed by atoms with Crippen molar-refractivity contribution in [3.63, 3.8) is 0 Å². The van der Waals surface area contributed by atoms with E-state index in [1.807, 2.05) is 13.1 Å². The van der Waals surface area contributed by atoms with Gasteiger partial charge in [-0.05, 0) is 33.5 Å². The molecule has 1 heterocycles. The van der Waals surface area contributed by atoms with E-state index >= 15 is 0 Å². The van der Waals surface area contributed by atoms with Crippen LogP contribution in [-0.2, 0) is 11.3 Å². The molecule has 0 bridgehead atoms. The number of nitrogens with zero attached hydrogens (tertiary/aromatic N) is 1. The van der Waals surface area contributed by atoms with Crippen molar-refractivity contribution < 1.29 is 4.79 Å². The number of carbonyl (C=O) groups excluding carboxylic acids is 1. The second-order valence-corrected chi connectivity index (χ2v) is 7.74. The van der Waals surface area contributed by atoms with Gasteiger partial charge in [0.2, 0.25) is 5.91 Å². The van der Waals surface area contributed by atoms with E-state index in [2.05, 4.69) is 42.8 Å². The summed E-state index contributed by atoms with van der Waals surface area (Å²) in [6.07, 6.45) is 0.593. The van der Waals surface area contributed by atoms with Crippen molar-refractivity contribution in [2.45, 2.75) is 33.7 Å². The lowest BCUT2D eigenvalue weighted by Crippen LogP contribution is -2.29. The number of halogens is 1. The number of amides is 1. The third kappa shape index (κ3) is 4.66. The van der Waals surface area contributed by atoms with Gasteiger partial charge in [0.1, 0.15) is 0 Å². The molecule has 0 fully saturated rings. The second-order valence-electron chi connectivity index (χ2n) is 5.19. The molecule has 1 amide bonds. The molecule has 1 aromatic rings. The molecule has 0 aliphatic heterocycles. The zero-order chi connectivity index (χ0) is 12.3. The fourth-order valence-electron chi connectivity index (χ4n) is 1.35. The summed E-state index contributed by atoms with van der Waals surface area (Å²) in [5, 5.41) is 0. The van der Waals surface area contributed by atoms with Crippen molar-refractivity contribution in [1.82, 2.24) is 4.90 Å². The first-order valence-electron chi connectivity index (χ1n) is 5.26. The topological polar surface area (TPSA) is 20.3 Å². The Labute approximate surface area is 110 Å². The quantitative estimate of drug-likeness (QED) is 0.829. The van der Waals surface area contributed by atoms with E-state index in [1.165, 1.54) is 4.88 Å². The summed E-state index contributed by atoms with van der Waals surface area (Å²) in [5.74, 6) is 0.206. The Morgan fingerprint density at radius 3 is 2.50 bits per heavy atom. The van der Waals surface area contributed by atoms with Crippen LogP contribution in [0, 0.1) is 5.41 Å². The molecule has 1 rings (SSSR count). The summed E-state index contributed by atoms with van der Waals surface area (Å²) in [4.78, 5) is 14.9. The number of carbonyl (C=O) groups is 1. The van der Waals surface area contributed by atoms with Gasteiger partial charge in [-0.1, -0.05) is 20.8 Å². The maximum Gasteiger partial charge on any atom is 0.223 e. The Kier molecular flexibility index (Phi) is 4.56. The average Bonchev–Trinajstić information content (AvgIpc) is 2.48.